The Morgan fingerprint density at radius 1 is 0.460 bits per heavy atom. The number of nitrogens with zero attached hydrogens (tertiary/aromatic N) is 3. The minimum absolute atomic E-state index is 0.00177. The minimum atomic E-state index is -0.00177. The number of fused-ring (bicyclic) bond motifs is 12. The molecule has 50 heavy (non-hydrogen) atoms. The third-order valence-corrected chi connectivity index (χ3v) is 11.3. The van der Waals surface area contributed by atoms with Gasteiger partial charge in [-0.3, -0.25) is 0 Å². The highest BCUT2D eigenvalue weighted by atomic mass is 15.2. The zero-order chi connectivity index (χ0) is 32.5. The van der Waals surface area contributed by atoms with Gasteiger partial charge in [-0.25, -0.2) is 0 Å². The van der Waals surface area contributed by atoms with Crippen molar-refractivity contribution in [1.82, 2.24) is 9.05 Å². The van der Waals surface area contributed by atoms with Gasteiger partial charge in [0.15, 0.2) is 0 Å². The third-order valence-electron chi connectivity index (χ3n) is 11.3. The van der Waals surface area contributed by atoms with E-state index in [0.29, 0.717) is 0 Å². The van der Waals surface area contributed by atoms with Crippen molar-refractivity contribution in [2.45, 2.75) is 0 Å². The fourth-order valence-corrected chi connectivity index (χ4v) is 9.24. The summed E-state index contributed by atoms with van der Waals surface area (Å²) in [6.45, 7) is -0.00177. The van der Waals surface area contributed by atoms with Crippen molar-refractivity contribution in [3.63, 3.8) is 0 Å². The maximum Gasteiger partial charge on any atom is 0.333 e. The fourth-order valence-electron chi connectivity index (χ4n) is 9.24. The second-order valence-corrected chi connectivity index (χ2v) is 13.7. The van der Waals surface area contributed by atoms with E-state index in [1.54, 1.807) is 0 Å². The van der Waals surface area contributed by atoms with Crippen LogP contribution in [0, 0.1) is 0 Å². The van der Waals surface area contributed by atoms with Crippen LogP contribution in [0.3, 0.4) is 0 Å². The maximum atomic E-state index is 2.65. The van der Waals surface area contributed by atoms with E-state index >= 15 is 0 Å². The van der Waals surface area contributed by atoms with Crippen LogP contribution in [0.1, 0.15) is 0 Å². The topological polar surface area (TPSA) is 13.1 Å². The van der Waals surface area contributed by atoms with Gasteiger partial charge in [-0.1, -0.05) is 121 Å². The summed E-state index contributed by atoms with van der Waals surface area (Å²) in [6.07, 6.45) is 2.25. The van der Waals surface area contributed by atoms with Gasteiger partial charge >= 0.3 is 6.85 Å². The van der Waals surface area contributed by atoms with Crippen molar-refractivity contribution in [1.29, 1.82) is 0 Å². The zero-order valence-electron chi connectivity index (χ0n) is 27.1. The molecule has 12 rings (SSSR count). The van der Waals surface area contributed by atoms with Crippen LogP contribution < -0.4 is 15.8 Å². The molecule has 0 radical (unpaired) electrons. The minimum Gasteiger partial charge on any atom is -0.375 e. The molecule has 0 amide bonds. The number of rotatable bonds is 2. The van der Waals surface area contributed by atoms with Crippen molar-refractivity contribution in [3.8, 4) is 16.8 Å². The number of benzene rings is 8. The summed E-state index contributed by atoms with van der Waals surface area (Å²) in [6, 6.07) is 60.7. The molecule has 0 unspecified atom stereocenters. The summed E-state index contributed by atoms with van der Waals surface area (Å²) in [7, 11) is 0. The fraction of sp³-hybridized carbons (Fsp3) is 0. The van der Waals surface area contributed by atoms with E-state index < -0.39 is 0 Å². The first kappa shape index (κ1) is 26.4. The lowest BCUT2D eigenvalue weighted by Crippen LogP contribution is -2.56. The Morgan fingerprint density at radius 3 is 2.10 bits per heavy atom. The number of hydrogen-bond acceptors (Lipinski definition) is 1. The standard InChI is InChI=1S/C46H28BN3/c1-2-14-32(15-3-1)48-26-25-37-41(48)28-42-44-43(37)38-19-10-18-36-35-17-8-9-20-40(35)50(45(36)38)47(44)39-24-22-30-12-6-7-16-34(30)46(39)49(42)33-23-21-29-11-4-5-13-31(29)27-33/h1-28H. The van der Waals surface area contributed by atoms with Crippen LogP contribution in [0.15, 0.2) is 170 Å². The van der Waals surface area contributed by atoms with Crippen LogP contribution in [0.4, 0.5) is 17.1 Å². The maximum absolute atomic E-state index is 2.65. The first-order valence-electron chi connectivity index (χ1n) is 17.4. The van der Waals surface area contributed by atoms with Gasteiger partial charge in [-0.2, -0.15) is 0 Å². The molecule has 0 saturated carbocycles. The highest BCUT2D eigenvalue weighted by Crippen LogP contribution is 2.49. The predicted octanol–water partition coefficient (Wildman–Crippen LogP) is 10.5. The SMILES string of the molecule is c1ccc(-n2ccc3c4c5c(cc32)N(c2ccc3ccccc3c2)c2c(ccc3ccccc23)B5n2c3ccccc3c3cccc-4c32)cc1. The molecular weight excluding hydrogens is 605 g/mol. The average Bonchev–Trinajstić information content (AvgIpc) is 3.76. The van der Waals surface area contributed by atoms with Crippen molar-refractivity contribution in [3.05, 3.63) is 170 Å². The van der Waals surface area contributed by atoms with Crippen LogP contribution in [-0.4, -0.2) is 15.9 Å². The molecule has 230 valence electrons. The summed E-state index contributed by atoms with van der Waals surface area (Å²) >= 11 is 0. The van der Waals surface area contributed by atoms with Gasteiger partial charge < -0.3 is 13.9 Å². The predicted molar refractivity (Wildman–Crippen MR) is 212 cm³/mol. The molecule has 0 aliphatic carbocycles. The van der Waals surface area contributed by atoms with Crippen molar-refractivity contribution in [2.24, 2.45) is 0 Å². The summed E-state index contributed by atoms with van der Waals surface area (Å²) in [5, 5.41) is 8.88. The van der Waals surface area contributed by atoms with E-state index in [1.807, 2.05) is 0 Å². The highest BCUT2D eigenvalue weighted by Gasteiger charge is 2.44. The Bertz CT molecular complexity index is 3060. The summed E-state index contributed by atoms with van der Waals surface area (Å²) in [5.41, 5.74) is 13.9. The largest absolute Gasteiger partial charge is 0.375 e. The second-order valence-electron chi connectivity index (χ2n) is 13.7. The van der Waals surface area contributed by atoms with Gasteiger partial charge in [0.1, 0.15) is 0 Å². The van der Waals surface area contributed by atoms with E-state index in [0.717, 1.165) is 5.69 Å². The Balaban J connectivity index is 1.31. The second kappa shape index (κ2) is 9.55. The van der Waals surface area contributed by atoms with Crippen LogP contribution in [0.5, 0.6) is 0 Å². The van der Waals surface area contributed by atoms with Gasteiger partial charge in [-0.05, 0) is 75.1 Å². The Kier molecular flexibility index (Phi) is 5.05. The van der Waals surface area contributed by atoms with Crippen molar-refractivity contribution in [2.75, 3.05) is 4.90 Å². The van der Waals surface area contributed by atoms with Crippen LogP contribution in [0.25, 0.3) is 71.1 Å². The molecule has 0 bridgehead atoms. The summed E-state index contributed by atoms with van der Waals surface area (Å²) < 4.78 is 5.01. The Morgan fingerprint density at radius 2 is 1.20 bits per heavy atom. The van der Waals surface area contributed by atoms with Crippen LogP contribution >= 0.6 is 0 Å². The molecule has 3 nitrogen and oxygen atoms in total. The normalized spacial score (nSPS) is 13.1. The summed E-state index contributed by atoms with van der Waals surface area (Å²) in [4.78, 5) is 2.57. The van der Waals surface area contributed by atoms with E-state index in [9.17, 15) is 0 Å². The van der Waals surface area contributed by atoms with Crippen LogP contribution in [-0.2, 0) is 0 Å². The first-order chi connectivity index (χ1) is 24.8. The summed E-state index contributed by atoms with van der Waals surface area (Å²) in [5.74, 6) is 0. The molecule has 8 aromatic carbocycles. The first-order valence-corrected chi connectivity index (χ1v) is 17.4. The smallest absolute Gasteiger partial charge is 0.333 e. The molecule has 0 saturated heterocycles. The Labute approximate surface area is 288 Å². The number of anilines is 3. The van der Waals surface area contributed by atoms with E-state index in [-0.39, 0.29) is 6.85 Å². The molecule has 0 fully saturated rings. The molecule has 2 aliphatic rings. The van der Waals surface area contributed by atoms with Crippen molar-refractivity contribution < 1.29 is 0 Å². The quantitative estimate of drug-likeness (QED) is 0.173. The monoisotopic (exact) mass is 633 g/mol. The van der Waals surface area contributed by atoms with E-state index in [2.05, 4.69) is 184 Å². The molecular formula is C46H28BN3. The molecule has 0 N–H and O–H groups in total. The Hall–Kier alpha value is -6.52. The van der Waals surface area contributed by atoms with Gasteiger partial charge in [0.2, 0.25) is 0 Å². The van der Waals surface area contributed by atoms with Gasteiger partial charge in [0.25, 0.3) is 0 Å². The molecule has 4 heterocycles. The lowest BCUT2D eigenvalue weighted by molar-refractivity contribution is 1.13. The molecule has 4 heteroatoms. The molecule has 2 aromatic heterocycles. The van der Waals surface area contributed by atoms with Gasteiger partial charge in [-0.15, -0.1) is 0 Å². The molecule has 0 spiro atoms. The lowest BCUT2D eigenvalue weighted by atomic mass is 9.44. The number of para-hydroxylation sites is 3. The highest BCUT2D eigenvalue weighted by molar-refractivity contribution is 6.90. The van der Waals surface area contributed by atoms with Crippen LogP contribution in [0.2, 0.25) is 0 Å². The van der Waals surface area contributed by atoms with E-state index in [4.69, 9.17) is 0 Å². The van der Waals surface area contributed by atoms with Crippen molar-refractivity contribution >= 4 is 89.1 Å². The molecule has 2 aliphatic heterocycles. The third kappa shape index (κ3) is 3.30. The lowest BCUT2D eigenvalue weighted by Gasteiger charge is -2.41. The number of hydrogen-bond donors (Lipinski definition) is 0. The van der Waals surface area contributed by atoms with Gasteiger partial charge in [0, 0.05) is 61.4 Å². The zero-order valence-corrected chi connectivity index (χ0v) is 27.1. The average molecular weight is 634 g/mol. The molecule has 10 aromatic rings. The number of aromatic nitrogens is 2. The molecule has 0 atom stereocenters. The van der Waals surface area contributed by atoms with Gasteiger partial charge in [0.05, 0.1) is 11.2 Å². The van der Waals surface area contributed by atoms with E-state index in [1.165, 1.54) is 93.4 Å².